The van der Waals surface area contributed by atoms with Crippen molar-refractivity contribution in [2.24, 2.45) is 0 Å². The summed E-state index contributed by atoms with van der Waals surface area (Å²) < 4.78 is 23.6. The molecule has 0 radical (unpaired) electrons. The summed E-state index contributed by atoms with van der Waals surface area (Å²) >= 11 is 0. The van der Waals surface area contributed by atoms with Crippen molar-refractivity contribution in [1.82, 2.24) is 0 Å². The second kappa shape index (κ2) is 32.5. The van der Waals surface area contributed by atoms with Gasteiger partial charge in [-0.2, -0.15) is 0 Å². The molecule has 0 amide bonds. The molecule has 0 aliphatic carbocycles. The van der Waals surface area contributed by atoms with Gasteiger partial charge in [0.15, 0.2) is 0 Å². The van der Waals surface area contributed by atoms with Crippen molar-refractivity contribution in [3.8, 4) is 0 Å². The maximum atomic E-state index is 12.6. The minimum absolute atomic E-state index is 0.247. The first-order valence-electron chi connectivity index (χ1n) is 18.0. The lowest BCUT2D eigenvalue weighted by Crippen LogP contribution is -2.12. The Balaban J connectivity index is 3.97. The Morgan fingerprint density at radius 3 is 1.41 bits per heavy atom. The number of hydrogen-bond acceptors (Lipinski definition) is 3. The third-order valence-corrected chi connectivity index (χ3v) is 8.94. The zero-order valence-electron chi connectivity index (χ0n) is 27.8. The quantitative estimate of drug-likeness (QED) is 0.0464. The van der Waals surface area contributed by atoms with Crippen molar-refractivity contribution >= 4 is 7.82 Å². The minimum atomic E-state index is -4.01. The first-order valence-corrected chi connectivity index (χ1v) is 19.5. The second-order valence-corrected chi connectivity index (χ2v) is 13.5. The van der Waals surface area contributed by atoms with Crippen molar-refractivity contribution < 1.29 is 18.5 Å². The van der Waals surface area contributed by atoms with Crippen LogP contribution in [-0.2, 0) is 13.6 Å². The molecule has 0 rings (SSSR count). The molecule has 0 aromatic heterocycles. The number of phosphoric ester groups is 1. The Bertz CT molecular complexity index is 619. The van der Waals surface area contributed by atoms with Gasteiger partial charge in [-0.25, -0.2) is 4.57 Å². The zero-order valence-corrected chi connectivity index (χ0v) is 28.7. The van der Waals surface area contributed by atoms with Crippen LogP contribution in [0.2, 0.25) is 0 Å². The summed E-state index contributed by atoms with van der Waals surface area (Å²) in [6.07, 6.45) is 41.2. The summed E-state index contributed by atoms with van der Waals surface area (Å²) in [6, 6.07) is 0. The zero-order chi connectivity index (χ0) is 30.1. The van der Waals surface area contributed by atoms with Crippen molar-refractivity contribution in [1.29, 1.82) is 0 Å². The Morgan fingerprint density at radius 2 is 0.927 bits per heavy atom. The smallest absolute Gasteiger partial charge is 0.302 e. The molecule has 0 fully saturated rings. The summed E-state index contributed by atoms with van der Waals surface area (Å²) in [5.41, 5.74) is 0. The molecule has 0 aliphatic rings. The molecular formula is C36H71O4P. The van der Waals surface area contributed by atoms with Gasteiger partial charge in [0.05, 0.1) is 12.7 Å². The third-order valence-electron chi connectivity index (χ3n) is 7.86. The van der Waals surface area contributed by atoms with Gasteiger partial charge in [0, 0.05) is 0 Å². The van der Waals surface area contributed by atoms with Gasteiger partial charge in [-0.3, -0.25) is 9.05 Å². The number of hydrogen-bond donors (Lipinski definition) is 1. The molecule has 5 heteroatoms. The van der Waals surface area contributed by atoms with Gasteiger partial charge >= 0.3 is 7.82 Å². The van der Waals surface area contributed by atoms with Gasteiger partial charge in [-0.15, -0.1) is 0 Å². The molecule has 2 atom stereocenters. The SMILES string of the molecule is CCCCCCCC/C=C\CCCCCCCCOP(=O)(O)OC(C/C=C\CCCCCCCC)CCCCCC. The number of unbranched alkanes of at least 4 members (excludes halogenated alkanes) is 21. The largest absolute Gasteiger partial charge is 0.472 e. The van der Waals surface area contributed by atoms with Crippen LogP contribution in [0.25, 0.3) is 0 Å². The predicted octanol–water partition coefficient (Wildman–Crippen LogP) is 13.2. The van der Waals surface area contributed by atoms with Crippen LogP contribution in [0.3, 0.4) is 0 Å². The molecule has 0 aliphatic heterocycles. The Kier molecular flexibility index (Phi) is 32.2. The number of allylic oxidation sites excluding steroid dienone is 3. The van der Waals surface area contributed by atoms with E-state index in [1.807, 2.05) is 0 Å². The van der Waals surface area contributed by atoms with Gasteiger partial charge in [-0.1, -0.05) is 161 Å². The molecule has 1 N–H and O–H groups in total. The normalized spacial score (nSPS) is 14.3. The van der Waals surface area contributed by atoms with Crippen LogP contribution in [0.5, 0.6) is 0 Å². The van der Waals surface area contributed by atoms with Gasteiger partial charge in [-0.05, 0) is 57.8 Å². The van der Waals surface area contributed by atoms with Crippen LogP contribution in [0.1, 0.15) is 194 Å². The fraction of sp³-hybridized carbons (Fsp3) is 0.889. The van der Waals surface area contributed by atoms with Crippen LogP contribution in [0.15, 0.2) is 24.3 Å². The highest BCUT2D eigenvalue weighted by atomic mass is 31.2. The van der Waals surface area contributed by atoms with Crippen LogP contribution >= 0.6 is 7.82 Å². The molecule has 0 aromatic carbocycles. The van der Waals surface area contributed by atoms with E-state index >= 15 is 0 Å². The second-order valence-electron chi connectivity index (χ2n) is 12.1. The average Bonchev–Trinajstić information content (AvgIpc) is 2.95. The van der Waals surface area contributed by atoms with E-state index in [1.54, 1.807) is 0 Å². The lowest BCUT2D eigenvalue weighted by atomic mass is 10.1. The molecule has 0 bridgehead atoms. The van der Waals surface area contributed by atoms with E-state index in [2.05, 4.69) is 45.1 Å². The van der Waals surface area contributed by atoms with Crippen molar-refractivity contribution in [2.75, 3.05) is 6.61 Å². The van der Waals surface area contributed by atoms with E-state index in [1.165, 1.54) is 122 Å². The van der Waals surface area contributed by atoms with Gasteiger partial charge in [0.1, 0.15) is 0 Å². The molecule has 0 heterocycles. The molecule has 244 valence electrons. The van der Waals surface area contributed by atoms with E-state index in [9.17, 15) is 9.46 Å². The Labute approximate surface area is 257 Å². The first-order chi connectivity index (χ1) is 20.1. The predicted molar refractivity (Wildman–Crippen MR) is 181 cm³/mol. The first kappa shape index (κ1) is 40.6. The third kappa shape index (κ3) is 32.3. The monoisotopic (exact) mass is 599 g/mol. The highest BCUT2D eigenvalue weighted by Crippen LogP contribution is 2.46. The van der Waals surface area contributed by atoms with E-state index in [0.717, 1.165) is 44.9 Å². The van der Waals surface area contributed by atoms with Crippen LogP contribution in [-0.4, -0.2) is 17.6 Å². The Hall–Kier alpha value is -0.410. The summed E-state index contributed by atoms with van der Waals surface area (Å²) in [4.78, 5) is 10.3. The van der Waals surface area contributed by atoms with Gasteiger partial charge in [0.25, 0.3) is 0 Å². The summed E-state index contributed by atoms with van der Waals surface area (Å²) in [6.45, 7) is 7.02. The van der Waals surface area contributed by atoms with Crippen LogP contribution < -0.4 is 0 Å². The van der Waals surface area contributed by atoms with Gasteiger partial charge < -0.3 is 4.89 Å². The Morgan fingerprint density at radius 1 is 0.537 bits per heavy atom. The molecule has 0 spiro atoms. The van der Waals surface area contributed by atoms with Crippen LogP contribution in [0, 0.1) is 0 Å². The molecule has 2 unspecified atom stereocenters. The number of rotatable bonds is 33. The maximum Gasteiger partial charge on any atom is 0.472 e. The standard InChI is InChI=1S/C36H71O4P/c1-4-7-10-13-15-17-18-19-20-21-22-23-25-27-29-32-35-39-41(37,38)40-36(33-30-12-9-6-3)34-31-28-26-24-16-14-11-8-5-2/h19-20,28,31,36H,4-18,21-27,29-30,32-35H2,1-3H3,(H,37,38)/b20-19-,31-28-. The lowest BCUT2D eigenvalue weighted by molar-refractivity contribution is 0.0977. The van der Waals surface area contributed by atoms with E-state index in [4.69, 9.17) is 9.05 Å². The fourth-order valence-corrected chi connectivity index (χ4v) is 6.16. The van der Waals surface area contributed by atoms with Gasteiger partial charge in [0.2, 0.25) is 0 Å². The molecule has 0 aromatic rings. The maximum absolute atomic E-state index is 12.6. The molecular weight excluding hydrogens is 527 g/mol. The summed E-state index contributed by atoms with van der Waals surface area (Å²) in [7, 11) is -4.01. The summed E-state index contributed by atoms with van der Waals surface area (Å²) in [5.74, 6) is 0. The lowest BCUT2D eigenvalue weighted by Gasteiger charge is -2.20. The van der Waals surface area contributed by atoms with E-state index in [-0.39, 0.29) is 6.10 Å². The molecule has 0 saturated heterocycles. The average molecular weight is 599 g/mol. The number of phosphoric acid groups is 1. The molecule has 4 nitrogen and oxygen atoms in total. The highest BCUT2D eigenvalue weighted by Gasteiger charge is 2.25. The van der Waals surface area contributed by atoms with E-state index < -0.39 is 7.82 Å². The molecule has 41 heavy (non-hydrogen) atoms. The summed E-state index contributed by atoms with van der Waals surface area (Å²) in [5, 5.41) is 0. The van der Waals surface area contributed by atoms with Crippen molar-refractivity contribution in [2.45, 2.75) is 200 Å². The van der Waals surface area contributed by atoms with Crippen molar-refractivity contribution in [3.63, 3.8) is 0 Å². The minimum Gasteiger partial charge on any atom is -0.302 e. The fourth-order valence-electron chi connectivity index (χ4n) is 5.17. The van der Waals surface area contributed by atoms with Crippen LogP contribution in [0.4, 0.5) is 0 Å². The van der Waals surface area contributed by atoms with E-state index in [0.29, 0.717) is 13.0 Å². The molecule has 0 saturated carbocycles. The highest BCUT2D eigenvalue weighted by molar-refractivity contribution is 7.47. The topological polar surface area (TPSA) is 55.8 Å². The van der Waals surface area contributed by atoms with Crippen molar-refractivity contribution in [3.05, 3.63) is 24.3 Å².